The van der Waals surface area contributed by atoms with E-state index in [1.165, 1.54) is 7.05 Å². The summed E-state index contributed by atoms with van der Waals surface area (Å²) in [5.74, 6) is -0.584. The minimum Gasteiger partial charge on any atom is -0.416 e. The smallest absolute Gasteiger partial charge is 0.349 e. The van der Waals surface area contributed by atoms with Crippen molar-refractivity contribution in [3.8, 4) is 0 Å². The number of anilines is 1. The average molecular weight is 436 g/mol. The van der Waals surface area contributed by atoms with Gasteiger partial charge in [-0.3, -0.25) is 14.5 Å². The zero-order valence-electron chi connectivity index (χ0n) is 15.7. The number of hydrogen-bond donors (Lipinski definition) is 1. The zero-order chi connectivity index (χ0) is 21.0. The van der Waals surface area contributed by atoms with Crippen molar-refractivity contribution >= 4 is 52.6 Å². The Labute approximate surface area is 175 Å². The molecule has 1 aliphatic rings. The molecule has 1 aromatic carbocycles. The molecule has 1 aromatic heterocycles. The van der Waals surface area contributed by atoms with Gasteiger partial charge in [-0.15, -0.1) is 10.2 Å². The Kier molecular flexibility index (Phi) is 6.65. The highest BCUT2D eigenvalue weighted by atomic mass is 35.5. The third-order valence-electron chi connectivity index (χ3n) is 4.22. The van der Waals surface area contributed by atoms with E-state index in [4.69, 9.17) is 16.0 Å². The summed E-state index contributed by atoms with van der Waals surface area (Å²) in [4.78, 5) is 40.6. The number of hydrogen-bond acceptors (Lipinski definition) is 7. The lowest BCUT2D eigenvalue weighted by molar-refractivity contribution is -0.129. The summed E-state index contributed by atoms with van der Waals surface area (Å²) < 4.78 is 5.52. The van der Waals surface area contributed by atoms with Crippen LogP contribution in [0.25, 0.3) is 0 Å². The molecular weight excluding hydrogens is 418 g/mol. The molecule has 0 aliphatic carbocycles. The van der Waals surface area contributed by atoms with Crippen LogP contribution in [0.4, 0.5) is 10.5 Å². The standard InChI is InChI=1S/C18H18ClN5O4S/c1-10-13(16(26)24(2)17(27)20-10)6-7-15-22-23-18(28-15)29-9-14(25)21-12-5-3-4-11(19)8-12/h3-5,8,13H,6-7,9H2,1-2H3,(H,21,25). The summed E-state index contributed by atoms with van der Waals surface area (Å²) in [6, 6.07) is 6.29. The van der Waals surface area contributed by atoms with E-state index in [2.05, 4.69) is 20.5 Å². The lowest BCUT2D eigenvalue weighted by Gasteiger charge is -2.25. The number of aromatic nitrogens is 2. The number of aryl methyl sites for hydroxylation is 1. The molecule has 2 heterocycles. The van der Waals surface area contributed by atoms with Crippen LogP contribution in [0.3, 0.4) is 0 Å². The predicted octanol–water partition coefficient (Wildman–Crippen LogP) is 3.06. The van der Waals surface area contributed by atoms with Gasteiger partial charge in [0.25, 0.3) is 5.22 Å². The SMILES string of the molecule is CC1=NC(=O)N(C)C(=O)C1CCc1nnc(SCC(=O)Nc2cccc(Cl)c2)o1. The van der Waals surface area contributed by atoms with Crippen molar-refractivity contribution in [2.24, 2.45) is 10.9 Å². The Morgan fingerprint density at radius 1 is 1.34 bits per heavy atom. The lowest BCUT2D eigenvalue weighted by Crippen LogP contribution is -2.43. The van der Waals surface area contributed by atoms with Crippen LogP contribution < -0.4 is 5.32 Å². The van der Waals surface area contributed by atoms with Crippen LogP contribution in [0.5, 0.6) is 0 Å². The second-order valence-corrected chi connectivity index (χ2v) is 7.70. The number of urea groups is 1. The molecule has 29 heavy (non-hydrogen) atoms. The number of benzene rings is 1. The van der Waals surface area contributed by atoms with Crippen molar-refractivity contribution < 1.29 is 18.8 Å². The lowest BCUT2D eigenvalue weighted by atomic mass is 9.95. The molecule has 9 nitrogen and oxygen atoms in total. The van der Waals surface area contributed by atoms with Gasteiger partial charge in [0.05, 0.1) is 11.7 Å². The van der Waals surface area contributed by atoms with Crippen LogP contribution in [0, 0.1) is 5.92 Å². The van der Waals surface area contributed by atoms with Crippen molar-refractivity contribution in [3.05, 3.63) is 35.2 Å². The molecule has 1 N–H and O–H groups in total. The predicted molar refractivity (Wildman–Crippen MR) is 108 cm³/mol. The third kappa shape index (κ3) is 5.42. The number of carbonyl (C=O) groups is 3. The number of thioether (sulfide) groups is 1. The van der Waals surface area contributed by atoms with Crippen LogP contribution in [0.2, 0.25) is 5.02 Å². The fourth-order valence-electron chi connectivity index (χ4n) is 2.70. The topological polar surface area (TPSA) is 118 Å². The Bertz CT molecular complexity index is 977. The number of amides is 4. The molecule has 0 fully saturated rings. The van der Waals surface area contributed by atoms with Crippen LogP contribution in [0.15, 0.2) is 38.9 Å². The number of halogens is 1. The van der Waals surface area contributed by atoms with Gasteiger partial charge in [0, 0.05) is 29.9 Å². The molecule has 0 bridgehead atoms. The van der Waals surface area contributed by atoms with E-state index in [1.807, 2.05) is 0 Å². The van der Waals surface area contributed by atoms with Crippen molar-refractivity contribution in [2.75, 3.05) is 18.1 Å². The fourth-order valence-corrected chi connectivity index (χ4v) is 3.47. The van der Waals surface area contributed by atoms with Crippen molar-refractivity contribution in [2.45, 2.75) is 25.0 Å². The molecule has 1 unspecified atom stereocenters. The second kappa shape index (κ2) is 9.19. The van der Waals surface area contributed by atoms with E-state index in [9.17, 15) is 14.4 Å². The molecule has 0 radical (unpaired) electrons. The van der Waals surface area contributed by atoms with E-state index in [1.54, 1.807) is 31.2 Å². The van der Waals surface area contributed by atoms with E-state index < -0.39 is 11.9 Å². The Morgan fingerprint density at radius 3 is 2.90 bits per heavy atom. The maximum atomic E-state index is 12.2. The van der Waals surface area contributed by atoms with E-state index in [-0.39, 0.29) is 22.8 Å². The number of nitrogens with one attached hydrogen (secondary N) is 1. The Morgan fingerprint density at radius 2 is 2.14 bits per heavy atom. The van der Waals surface area contributed by atoms with Gasteiger partial charge in [-0.05, 0) is 31.5 Å². The summed E-state index contributed by atoms with van der Waals surface area (Å²) >= 11 is 6.99. The van der Waals surface area contributed by atoms with Crippen molar-refractivity contribution in [3.63, 3.8) is 0 Å². The van der Waals surface area contributed by atoms with Gasteiger partial charge in [-0.1, -0.05) is 29.4 Å². The first-order valence-electron chi connectivity index (χ1n) is 8.71. The summed E-state index contributed by atoms with van der Waals surface area (Å²) in [7, 11) is 1.41. The van der Waals surface area contributed by atoms with Crippen LogP contribution in [-0.2, 0) is 16.0 Å². The molecule has 1 aliphatic heterocycles. The fraction of sp³-hybridized carbons (Fsp3) is 0.333. The minimum absolute atomic E-state index is 0.0912. The van der Waals surface area contributed by atoms with Crippen molar-refractivity contribution in [1.82, 2.24) is 15.1 Å². The van der Waals surface area contributed by atoms with E-state index in [0.717, 1.165) is 16.7 Å². The normalized spacial score (nSPS) is 16.7. The summed E-state index contributed by atoms with van der Waals surface area (Å²) in [5, 5.41) is 11.4. The van der Waals surface area contributed by atoms with E-state index in [0.29, 0.717) is 35.2 Å². The van der Waals surface area contributed by atoms with Crippen LogP contribution in [-0.4, -0.2) is 51.5 Å². The Balaban J connectivity index is 1.49. The summed E-state index contributed by atoms with van der Waals surface area (Å²) in [5.41, 5.74) is 1.08. The quantitative estimate of drug-likeness (QED) is 0.664. The molecule has 0 spiro atoms. The molecule has 4 amide bonds. The molecule has 152 valence electrons. The molecule has 0 saturated heterocycles. The molecule has 3 rings (SSSR count). The van der Waals surface area contributed by atoms with E-state index >= 15 is 0 Å². The number of imide groups is 1. The molecule has 2 aromatic rings. The second-order valence-electron chi connectivity index (χ2n) is 6.33. The van der Waals surface area contributed by atoms with Gasteiger partial charge in [0.2, 0.25) is 17.7 Å². The average Bonchev–Trinajstić information content (AvgIpc) is 3.12. The number of carbonyl (C=O) groups excluding carboxylic acids is 3. The van der Waals surface area contributed by atoms with Gasteiger partial charge in [0.1, 0.15) is 0 Å². The van der Waals surface area contributed by atoms with Gasteiger partial charge >= 0.3 is 6.03 Å². The zero-order valence-corrected chi connectivity index (χ0v) is 17.3. The highest BCUT2D eigenvalue weighted by Gasteiger charge is 2.33. The highest BCUT2D eigenvalue weighted by Crippen LogP contribution is 2.21. The molecule has 11 heteroatoms. The van der Waals surface area contributed by atoms with Crippen LogP contribution in [0.1, 0.15) is 19.2 Å². The Hall–Kier alpha value is -2.72. The maximum Gasteiger partial charge on any atom is 0.349 e. The van der Waals surface area contributed by atoms with Crippen molar-refractivity contribution in [1.29, 1.82) is 0 Å². The first kappa shape index (κ1) is 21.0. The monoisotopic (exact) mass is 435 g/mol. The third-order valence-corrected chi connectivity index (χ3v) is 5.28. The first-order chi connectivity index (χ1) is 13.8. The van der Waals surface area contributed by atoms with Gasteiger partial charge in [-0.2, -0.15) is 0 Å². The van der Waals surface area contributed by atoms with Gasteiger partial charge < -0.3 is 9.73 Å². The number of rotatable bonds is 7. The summed E-state index contributed by atoms with van der Waals surface area (Å²) in [6.07, 6.45) is 0.751. The number of nitrogens with zero attached hydrogens (tertiary/aromatic N) is 4. The largest absolute Gasteiger partial charge is 0.416 e. The van der Waals surface area contributed by atoms with Crippen LogP contribution >= 0.6 is 23.4 Å². The first-order valence-corrected chi connectivity index (χ1v) is 10.1. The van der Waals surface area contributed by atoms with Gasteiger partial charge in [-0.25, -0.2) is 9.79 Å². The van der Waals surface area contributed by atoms with Gasteiger partial charge in [0.15, 0.2) is 0 Å². The molecule has 0 saturated carbocycles. The summed E-state index contributed by atoms with van der Waals surface area (Å²) in [6.45, 7) is 1.65. The molecular formula is C18H18ClN5O4S. The molecule has 1 atom stereocenters. The minimum atomic E-state index is -0.559. The maximum absolute atomic E-state index is 12.2. The number of aliphatic imine (C=N–C) groups is 1. The highest BCUT2D eigenvalue weighted by molar-refractivity contribution is 7.99.